The molecule has 0 radical (unpaired) electrons. The van der Waals surface area contributed by atoms with E-state index in [2.05, 4.69) is 110 Å². The maximum atomic E-state index is 5.13. The van der Waals surface area contributed by atoms with E-state index in [-0.39, 0.29) is 0 Å². The van der Waals surface area contributed by atoms with Gasteiger partial charge in [0.15, 0.2) is 0 Å². The maximum absolute atomic E-state index is 5.13. The highest BCUT2D eigenvalue weighted by Gasteiger charge is 2.23. The van der Waals surface area contributed by atoms with Crippen molar-refractivity contribution >= 4 is 39.4 Å². The molecular formula is C35H30N2. The largest absolute Gasteiger partial charge is 0.292 e. The molecule has 0 fully saturated rings. The molecule has 1 heterocycles. The minimum atomic E-state index is 0.792. The van der Waals surface area contributed by atoms with Gasteiger partial charge in [-0.15, -0.1) is 0 Å². The van der Waals surface area contributed by atoms with Crippen LogP contribution in [0.1, 0.15) is 23.9 Å². The first-order valence-corrected chi connectivity index (χ1v) is 12.5. The molecule has 2 nitrogen and oxygen atoms in total. The van der Waals surface area contributed by atoms with Gasteiger partial charge in [0.25, 0.3) is 0 Å². The van der Waals surface area contributed by atoms with E-state index in [4.69, 9.17) is 4.98 Å². The van der Waals surface area contributed by atoms with Crippen LogP contribution in [0.2, 0.25) is 0 Å². The Bertz CT molecular complexity index is 1670. The third-order valence-electron chi connectivity index (χ3n) is 6.71. The van der Waals surface area contributed by atoms with Gasteiger partial charge < -0.3 is 0 Å². The molecule has 0 amide bonds. The van der Waals surface area contributed by atoms with Crippen LogP contribution in [0.3, 0.4) is 0 Å². The minimum absolute atomic E-state index is 0.792. The van der Waals surface area contributed by atoms with E-state index in [1.165, 1.54) is 27.5 Å². The van der Waals surface area contributed by atoms with Crippen LogP contribution in [0.15, 0.2) is 117 Å². The molecule has 0 unspecified atom stereocenters. The zero-order valence-corrected chi connectivity index (χ0v) is 21.4. The summed E-state index contributed by atoms with van der Waals surface area (Å²) >= 11 is 0. The summed E-state index contributed by atoms with van der Waals surface area (Å²) < 4.78 is 2.16. The summed E-state index contributed by atoms with van der Waals surface area (Å²) in [6, 6.07) is 26.0. The molecule has 37 heavy (non-hydrogen) atoms. The van der Waals surface area contributed by atoms with Crippen LogP contribution < -0.4 is 0 Å². The number of hydrogen-bond donors (Lipinski definition) is 0. The second kappa shape index (κ2) is 10.1. The summed E-state index contributed by atoms with van der Waals surface area (Å²) in [6.07, 6.45) is 11.5. The topological polar surface area (TPSA) is 17.8 Å². The fourth-order valence-electron chi connectivity index (χ4n) is 5.12. The molecule has 0 spiro atoms. The summed E-state index contributed by atoms with van der Waals surface area (Å²) in [5, 5.41) is 4.67. The number of hydrogen-bond acceptors (Lipinski definition) is 1. The van der Waals surface area contributed by atoms with Gasteiger partial charge in [-0.3, -0.25) is 4.57 Å². The highest BCUT2D eigenvalue weighted by atomic mass is 15.1. The predicted molar refractivity (Wildman–Crippen MR) is 162 cm³/mol. The number of aryl methyl sites for hydroxylation is 1. The van der Waals surface area contributed by atoms with Gasteiger partial charge in [0.2, 0.25) is 0 Å². The lowest BCUT2D eigenvalue weighted by atomic mass is 9.88. The lowest BCUT2D eigenvalue weighted by molar-refractivity contribution is 1.10. The van der Waals surface area contributed by atoms with Gasteiger partial charge in [0, 0.05) is 11.3 Å². The van der Waals surface area contributed by atoms with E-state index in [1.54, 1.807) is 12.2 Å². The van der Waals surface area contributed by atoms with E-state index in [0.717, 1.165) is 39.2 Å². The Kier molecular flexibility index (Phi) is 6.57. The average Bonchev–Trinajstić information content (AvgIpc) is 3.30. The number of rotatable bonds is 7. The summed E-state index contributed by atoms with van der Waals surface area (Å²) in [4.78, 5) is 5.13. The summed E-state index contributed by atoms with van der Waals surface area (Å²) in [6.45, 7) is 16.2. The Balaban J connectivity index is 2.00. The molecule has 0 aliphatic rings. The second-order valence-electron chi connectivity index (χ2n) is 8.98. The third-order valence-corrected chi connectivity index (χ3v) is 6.71. The molecule has 0 saturated heterocycles. The molecule has 2 heteroatoms. The number of allylic oxidation sites excluding steroid dienone is 5. The Hall–Kier alpha value is -4.69. The van der Waals surface area contributed by atoms with Crippen molar-refractivity contribution in [3.8, 4) is 22.5 Å². The van der Waals surface area contributed by atoms with Gasteiger partial charge in [0.05, 0.1) is 11.4 Å². The number of imidazole rings is 1. The molecule has 4 aromatic carbocycles. The Labute approximate surface area is 218 Å². The summed E-state index contributed by atoms with van der Waals surface area (Å²) in [5.74, 6) is 0.846. The molecule has 1 aromatic heterocycles. The van der Waals surface area contributed by atoms with Gasteiger partial charge in [-0.25, -0.2) is 4.98 Å². The van der Waals surface area contributed by atoms with Crippen molar-refractivity contribution in [2.75, 3.05) is 0 Å². The van der Waals surface area contributed by atoms with Gasteiger partial charge >= 0.3 is 0 Å². The molecule has 0 atom stereocenters. The van der Waals surface area contributed by atoms with Gasteiger partial charge in [-0.2, -0.15) is 0 Å². The second-order valence-corrected chi connectivity index (χ2v) is 8.98. The summed E-state index contributed by atoms with van der Waals surface area (Å²) in [7, 11) is 0. The Morgan fingerprint density at radius 2 is 1.32 bits per heavy atom. The molecule has 180 valence electrons. The molecule has 0 bridgehead atoms. The SMILES string of the molecule is C=C/C=C(\C=C/C)n1c(-c2c3ccccc3c(-c3ccc(C)cc3)c3ccccc23)nc(C=C)c1C=C. The van der Waals surface area contributed by atoms with E-state index in [9.17, 15) is 0 Å². The number of benzene rings is 4. The Morgan fingerprint density at radius 1 is 0.757 bits per heavy atom. The van der Waals surface area contributed by atoms with Crippen molar-refractivity contribution < 1.29 is 0 Å². The van der Waals surface area contributed by atoms with Crippen LogP contribution in [-0.4, -0.2) is 9.55 Å². The van der Waals surface area contributed by atoms with Crippen LogP contribution in [0.25, 0.3) is 61.9 Å². The van der Waals surface area contributed by atoms with E-state index < -0.39 is 0 Å². The van der Waals surface area contributed by atoms with Crippen molar-refractivity contribution in [1.82, 2.24) is 9.55 Å². The zero-order valence-electron chi connectivity index (χ0n) is 21.4. The van der Waals surface area contributed by atoms with Gasteiger partial charge in [0.1, 0.15) is 5.82 Å². The van der Waals surface area contributed by atoms with Crippen LogP contribution in [0, 0.1) is 6.92 Å². The monoisotopic (exact) mass is 478 g/mol. The van der Waals surface area contributed by atoms with E-state index in [1.807, 2.05) is 25.2 Å². The van der Waals surface area contributed by atoms with Crippen LogP contribution in [0.5, 0.6) is 0 Å². The van der Waals surface area contributed by atoms with Crippen molar-refractivity contribution in [3.63, 3.8) is 0 Å². The Morgan fingerprint density at radius 3 is 1.81 bits per heavy atom. The van der Waals surface area contributed by atoms with Gasteiger partial charge in [-0.05, 0) is 70.8 Å². The molecule has 5 aromatic rings. The highest BCUT2D eigenvalue weighted by Crippen LogP contribution is 2.44. The minimum Gasteiger partial charge on any atom is -0.292 e. The quantitative estimate of drug-likeness (QED) is 0.168. The van der Waals surface area contributed by atoms with Crippen molar-refractivity contribution in [1.29, 1.82) is 0 Å². The smallest absolute Gasteiger partial charge is 0.146 e. The molecule has 5 rings (SSSR count). The van der Waals surface area contributed by atoms with Gasteiger partial charge in [-0.1, -0.05) is 110 Å². The first-order valence-electron chi connectivity index (χ1n) is 12.5. The molecular weight excluding hydrogens is 448 g/mol. The fraction of sp³-hybridized carbons (Fsp3) is 0.0571. The lowest BCUT2D eigenvalue weighted by Gasteiger charge is -2.19. The van der Waals surface area contributed by atoms with E-state index in [0.29, 0.717) is 0 Å². The van der Waals surface area contributed by atoms with E-state index >= 15 is 0 Å². The maximum Gasteiger partial charge on any atom is 0.146 e. The normalized spacial score (nSPS) is 11.9. The van der Waals surface area contributed by atoms with Crippen LogP contribution in [0.4, 0.5) is 0 Å². The zero-order chi connectivity index (χ0) is 25.9. The number of nitrogens with zero attached hydrogens (tertiary/aromatic N) is 2. The fourth-order valence-corrected chi connectivity index (χ4v) is 5.12. The number of aromatic nitrogens is 2. The third kappa shape index (κ3) is 4.07. The first-order chi connectivity index (χ1) is 18.1. The molecule has 0 N–H and O–H groups in total. The first kappa shape index (κ1) is 24.0. The highest BCUT2D eigenvalue weighted by molar-refractivity contribution is 6.21. The van der Waals surface area contributed by atoms with Crippen molar-refractivity contribution in [2.45, 2.75) is 13.8 Å². The van der Waals surface area contributed by atoms with Crippen LogP contribution in [-0.2, 0) is 0 Å². The standard InChI is InChI=1S/C35H30N2/c1-6-14-26(15-7-2)37-32(9-4)31(8-3)36-35(37)34-29-18-12-10-16-27(29)33(25-22-20-24(5)21-23-25)28-17-11-13-19-30(28)34/h6-23H,1,3-4H2,2,5H3/b15-7-,26-14+. The lowest BCUT2D eigenvalue weighted by Crippen LogP contribution is -2.02. The van der Waals surface area contributed by atoms with Crippen LogP contribution >= 0.6 is 0 Å². The average molecular weight is 479 g/mol. The number of fused-ring (bicyclic) bond motifs is 2. The predicted octanol–water partition coefficient (Wildman–Crippen LogP) is 9.72. The van der Waals surface area contributed by atoms with Crippen molar-refractivity contribution in [3.05, 3.63) is 134 Å². The molecule has 0 saturated carbocycles. The molecule has 0 aliphatic heterocycles. The summed E-state index contributed by atoms with van der Waals surface area (Å²) in [5.41, 5.74) is 7.41. The molecule has 0 aliphatic carbocycles. The van der Waals surface area contributed by atoms with Crippen molar-refractivity contribution in [2.24, 2.45) is 0 Å².